The van der Waals surface area contributed by atoms with Crippen LogP contribution in [0.15, 0.2) is 0 Å². The molecular formula is C15H23N3O3. The van der Waals surface area contributed by atoms with Crippen LogP contribution in [-0.4, -0.2) is 47.1 Å². The molecule has 21 heavy (non-hydrogen) atoms. The Bertz CT molecular complexity index is 519. The van der Waals surface area contributed by atoms with Crippen molar-refractivity contribution in [2.24, 2.45) is 0 Å². The average Bonchev–Trinajstić information content (AvgIpc) is 2.47. The summed E-state index contributed by atoms with van der Waals surface area (Å²) in [7, 11) is 0. The van der Waals surface area contributed by atoms with Crippen molar-refractivity contribution in [1.82, 2.24) is 10.2 Å². The molecule has 0 bridgehead atoms. The number of carboxylic acids is 1. The predicted molar refractivity (Wildman–Crippen MR) is 79.9 cm³/mol. The van der Waals surface area contributed by atoms with Crippen molar-refractivity contribution in [1.29, 1.82) is 0 Å². The molecule has 1 N–H and O–H groups in total. The van der Waals surface area contributed by atoms with Crippen LogP contribution in [0.2, 0.25) is 0 Å². The molecule has 1 aromatic rings. The third-order valence-corrected chi connectivity index (χ3v) is 3.89. The number of rotatable bonds is 5. The Morgan fingerprint density at radius 2 is 2.19 bits per heavy atom. The van der Waals surface area contributed by atoms with Gasteiger partial charge in [-0.2, -0.15) is 5.10 Å². The van der Waals surface area contributed by atoms with Gasteiger partial charge in [0.2, 0.25) is 0 Å². The van der Waals surface area contributed by atoms with E-state index in [1.54, 1.807) is 13.8 Å². The second kappa shape index (κ2) is 6.85. The molecular weight excluding hydrogens is 270 g/mol. The maximum Gasteiger partial charge on any atom is 0.339 e. The van der Waals surface area contributed by atoms with E-state index in [2.05, 4.69) is 17.1 Å². The Morgan fingerprint density at radius 3 is 2.86 bits per heavy atom. The van der Waals surface area contributed by atoms with Crippen LogP contribution >= 0.6 is 0 Å². The van der Waals surface area contributed by atoms with E-state index in [1.165, 1.54) is 0 Å². The van der Waals surface area contributed by atoms with Gasteiger partial charge in [0.25, 0.3) is 0 Å². The van der Waals surface area contributed by atoms with Gasteiger partial charge >= 0.3 is 5.97 Å². The third kappa shape index (κ3) is 3.50. The molecule has 0 saturated carbocycles. The first-order chi connectivity index (χ1) is 10.0. The molecule has 0 aliphatic carbocycles. The monoisotopic (exact) mass is 293 g/mol. The Balaban J connectivity index is 2.25. The van der Waals surface area contributed by atoms with Crippen molar-refractivity contribution in [3.8, 4) is 0 Å². The van der Waals surface area contributed by atoms with Gasteiger partial charge in [0.05, 0.1) is 11.8 Å². The lowest BCUT2D eigenvalue weighted by Gasteiger charge is -2.34. The van der Waals surface area contributed by atoms with Crippen molar-refractivity contribution in [3.63, 3.8) is 0 Å². The molecule has 0 aromatic carbocycles. The molecule has 1 atom stereocenters. The van der Waals surface area contributed by atoms with Crippen LogP contribution in [0.25, 0.3) is 0 Å². The predicted octanol–water partition coefficient (Wildman–Crippen LogP) is 2.19. The van der Waals surface area contributed by atoms with Gasteiger partial charge in [0.1, 0.15) is 5.56 Å². The number of carboxylic acid groups (broad SMARTS) is 1. The van der Waals surface area contributed by atoms with Crippen molar-refractivity contribution in [3.05, 3.63) is 16.8 Å². The van der Waals surface area contributed by atoms with Crippen molar-refractivity contribution < 1.29 is 14.6 Å². The summed E-state index contributed by atoms with van der Waals surface area (Å²) < 4.78 is 5.80. The first-order valence-electron chi connectivity index (χ1n) is 7.48. The van der Waals surface area contributed by atoms with E-state index >= 15 is 0 Å². The maximum absolute atomic E-state index is 11.6. The number of aromatic nitrogens is 2. The summed E-state index contributed by atoms with van der Waals surface area (Å²) in [6.45, 7) is 7.86. The van der Waals surface area contributed by atoms with Crippen molar-refractivity contribution in [2.45, 2.75) is 46.1 Å². The van der Waals surface area contributed by atoms with E-state index in [9.17, 15) is 9.90 Å². The van der Waals surface area contributed by atoms with Gasteiger partial charge in [-0.15, -0.1) is 5.10 Å². The van der Waals surface area contributed by atoms with Crippen LogP contribution in [0.5, 0.6) is 0 Å². The topological polar surface area (TPSA) is 75.5 Å². The smallest absolute Gasteiger partial charge is 0.339 e. The van der Waals surface area contributed by atoms with Crippen LogP contribution in [0, 0.1) is 13.8 Å². The number of hydrogen-bond donors (Lipinski definition) is 1. The SMILES string of the molecule is CCCOC1CCCN(c2nnc(C)c(C)c2C(=O)O)C1. The molecule has 2 heterocycles. The number of nitrogens with zero attached hydrogens (tertiary/aromatic N) is 3. The van der Waals surface area contributed by atoms with Crippen molar-refractivity contribution >= 4 is 11.8 Å². The summed E-state index contributed by atoms with van der Waals surface area (Å²) in [6, 6.07) is 0. The van der Waals surface area contributed by atoms with Gasteiger partial charge in [-0.05, 0) is 38.7 Å². The van der Waals surface area contributed by atoms with Crippen LogP contribution in [0.4, 0.5) is 5.82 Å². The molecule has 6 heteroatoms. The number of hydrogen-bond acceptors (Lipinski definition) is 5. The highest BCUT2D eigenvalue weighted by atomic mass is 16.5. The summed E-state index contributed by atoms with van der Waals surface area (Å²) in [4.78, 5) is 13.6. The number of anilines is 1. The van der Waals surface area contributed by atoms with Crippen LogP contribution < -0.4 is 4.90 Å². The van der Waals surface area contributed by atoms with Gasteiger partial charge in [-0.1, -0.05) is 6.92 Å². The number of aryl methyl sites for hydroxylation is 1. The summed E-state index contributed by atoms with van der Waals surface area (Å²) in [5.74, 6) is -0.479. The number of carbonyl (C=O) groups is 1. The van der Waals surface area contributed by atoms with Crippen molar-refractivity contribution in [2.75, 3.05) is 24.6 Å². The fourth-order valence-corrected chi connectivity index (χ4v) is 2.62. The second-order valence-electron chi connectivity index (χ2n) is 5.50. The molecule has 1 unspecified atom stereocenters. The van der Waals surface area contributed by atoms with Crippen LogP contribution in [0.1, 0.15) is 47.8 Å². The molecule has 0 radical (unpaired) electrons. The first kappa shape index (κ1) is 15.7. The van der Waals surface area contributed by atoms with E-state index in [4.69, 9.17) is 4.74 Å². The quantitative estimate of drug-likeness (QED) is 0.897. The van der Waals surface area contributed by atoms with E-state index in [0.717, 1.165) is 32.4 Å². The highest BCUT2D eigenvalue weighted by Crippen LogP contribution is 2.26. The average molecular weight is 293 g/mol. The number of piperidine rings is 1. The zero-order valence-electron chi connectivity index (χ0n) is 12.9. The Morgan fingerprint density at radius 1 is 1.43 bits per heavy atom. The van der Waals surface area contributed by atoms with Gasteiger partial charge in [-0.25, -0.2) is 4.79 Å². The third-order valence-electron chi connectivity index (χ3n) is 3.89. The molecule has 1 aromatic heterocycles. The zero-order valence-corrected chi connectivity index (χ0v) is 12.9. The lowest BCUT2D eigenvalue weighted by atomic mass is 10.0. The van der Waals surface area contributed by atoms with Gasteiger partial charge in [-0.3, -0.25) is 0 Å². The largest absolute Gasteiger partial charge is 0.478 e. The Labute approximate surface area is 125 Å². The lowest BCUT2D eigenvalue weighted by molar-refractivity contribution is 0.0437. The summed E-state index contributed by atoms with van der Waals surface area (Å²) in [5.41, 5.74) is 1.61. The van der Waals surface area contributed by atoms with E-state index < -0.39 is 5.97 Å². The molecule has 1 aliphatic heterocycles. The minimum atomic E-state index is -0.947. The standard InChI is InChI=1S/C15H23N3O3/c1-4-8-21-12-6-5-7-18(9-12)14-13(15(19)20)10(2)11(3)16-17-14/h12H,4-9H2,1-3H3,(H,19,20). The molecule has 0 amide bonds. The van der Waals surface area contributed by atoms with Crippen LogP contribution in [-0.2, 0) is 4.74 Å². The minimum Gasteiger partial charge on any atom is -0.478 e. The molecule has 6 nitrogen and oxygen atoms in total. The second-order valence-corrected chi connectivity index (χ2v) is 5.50. The molecule has 1 saturated heterocycles. The Hall–Kier alpha value is -1.69. The normalized spacial score (nSPS) is 18.8. The number of ether oxygens (including phenoxy) is 1. The van der Waals surface area contributed by atoms with Crippen LogP contribution in [0.3, 0.4) is 0 Å². The first-order valence-corrected chi connectivity index (χ1v) is 7.48. The molecule has 2 rings (SSSR count). The van der Waals surface area contributed by atoms with Gasteiger partial charge in [0, 0.05) is 19.7 Å². The molecule has 0 spiro atoms. The molecule has 1 aliphatic rings. The highest BCUT2D eigenvalue weighted by Gasteiger charge is 2.27. The van der Waals surface area contributed by atoms with Gasteiger partial charge < -0.3 is 14.7 Å². The van der Waals surface area contributed by atoms with E-state index in [-0.39, 0.29) is 11.7 Å². The lowest BCUT2D eigenvalue weighted by Crippen LogP contribution is -2.41. The zero-order chi connectivity index (χ0) is 15.4. The Kier molecular flexibility index (Phi) is 5.12. The maximum atomic E-state index is 11.6. The number of aromatic carboxylic acids is 1. The van der Waals surface area contributed by atoms with E-state index in [0.29, 0.717) is 23.6 Å². The highest BCUT2D eigenvalue weighted by molar-refractivity contribution is 5.95. The molecule has 1 fully saturated rings. The summed E-state index contributed by atoms with van der Waals surface area (Å²) >= 11 is 0. The van der Waals surface area contributed by atoms with Gasteiger partial charge in [0.15, 0.2) is 5.82 Å². The van der Waals surface area contributed by atoms with E-state index in [1.807, 2.05) is 4.90 Å². The molecule has 116 valence electrons. The fraction of sp³-hybridized carbons (Fsp3) is 0.667. The summed E-state index contributed by atoms with van der Waals surface area (Å²) in [6.07, 6.45) is 3.11. The fourth-order valence-electron chi connectivity index (χ4n) is 2.62. The summed E-state index contributed by atoms with van der Waals surface area (Å²) in [5, 5.41) is 17.7. The minimum absolute atomic E-state index is 0.142.